The Kier molecular flexibility index (Phi) is 27.5. The molecule has 20 heteroatoms. The van der Waals surface area contributed by atoms with Crippen LogP contribution in [0.5, 0.6) is 0 Å². The lowest BCUT2D eigenvalue weighted by molar-refractivity contribution is -0.146. The number of ether oxygens (including phenoxy) is 5. The first-order valence-corrected chi connectivity index (χ1v) is 18.3. The van der Waals surface area contributed by atoms with Gasteiger partial charge in [-0.15, -0.1) is 0 Å². The second kappa shape index (κ2) is 28.4. The van der Waals surface area contributed by atoms with E-state index in [9.17, 15) is 24.0 Å². The van der Waals surface area contributed by atoms with Crippen molar-refractivity contribution in [3.8, 4) is 0 Å². The topological polar surface area (TPSA) is 211 Å². The number of carbonyl (C=O) groups is 5. The average molecular weight is 727 g/mol. The van der Waals surface area contributed by atoms with Crippen LogP contribution < -0.4 is 10.6 Å². The zero-order chi connectivity index (χ0) is 36.8. The Hall–Kier alpha value is -3.64. The third kappa shape index (κ3) is 22.0. The summed E-state index contributed by atoms with van der Waals surface area (Å²) >= 11 is 0. The molecule has 276 valence electrons. The standard InChI is InChI=1S/C16H27NO9Si.C12H23NO7Si/c1-6-14(18)24-11-13(12-25-15(19)7-2)26-16(20)17-9-8-10-27(21-3,22-4)23-5;1-5-11(14)19-8-9-20-12(15)13-7-6-10-21(16-2,17-3)18-4/h6-7,13H,1-2,8-12H2,3-5H3,(H,17,20);5H,1,6-10H2,2-4H3,(H,13,15). The molecule has 0 rings (SSSR count). The van der Waals surface area contributed by atoms with Crippen LogP contribution in [0.25, 0.3) is 0 Å². The van der Waals surface area contributed by atoms with Gasteiger partial charge in [-0.2, -0.15) is 0 Å². The Bertz CT molecular complexity index is 952. The van der Waals surface area contributed by atoms with E-state index in [-0.39, 0.29) is 33.0 Å². The molecule has 0 aromatic rings. The molecule has 0 aliphatic carbocycles. The molecule has 2 amide bonds. The largest absolute Gasteiger partial charge is 0.500 e. The van der Waals surface area contributed by atoms with Crippen LogP contribution in [-0.4, -0.2) is 136 Å². The van der Waals surface area contributed by atoms with Crippen molar-refractivity contribution in [3.05, 3.63) is 38.0 Å². The number of rotatable bonds is 25. The minimum atomic E-state index is -2.71. The van der Waals surface area contributed by atoms with Crippen molar-refractivity contribution in [2.75, 3.05) is 82.2 Å². The van der Waals surface area contributed by atoms with Gasteiger partial charge in [0.1, 0.15) is 26.4 Å². The van der Waals surface area contributed by atoms with Gasteiger partial charge in [-0.1, -0.05) is 19.7 Å². The van der Waals surface area contributed by atoms with Crippen LogP contribution in [0.15, 0.2) is 38.0 Å². The predicted octanol–water partition coefficient (Wildman–Crippen LogP) is 1.52. The maximum Gasteiger partial charge on any atom is 0.500 e. The molecule has 0 aromatic heterocycles. The minimum absolute atomic E-state index is 0.00861. The van der Waals surface area contributed by atoms with Gasteiger partial charge < -0.3 is 60.9 Å². The fourth-order valence-corrected chi connectivity index (χ4v) is 6.71. The molecule has 0 unspecified atom stereocenters. The van der Waals surface area contributed by atoms with Crippen LogP contribution in [0, 0.1) is 0 Å². The Morgan fingerprint density at radius 1 is 0.562 bits per heavy atom. The zero-order valence-electron chi connectivity index (χ0n) is 28.5. The maximum absolute atomic E-state index is 11.9. The molecule has 18 nitrogen and oxygen atoms in total. The highest BCUT2D eigenvalue weighted by Crippen LogP contribution is 2.15. The van der Waals surface area contributed by atoms with Gasteiger partial charge in [-0.05, 0) is 12.8 Å². The first-order valence-electron chi connectivity index (χ1n) is 14.4. The van der Waals surface area contributed by atoms with E-state index < -0.39 is 53.8 Å². The first kappa shape index (κ1) is 46.5. The van der Waals surface area contributed by atoms with Gasteiger partial charge in [0, 0.05) is 86.1 Å². The summed E-state index contributed by atoms with van der Waals surface area (Å²) in [7, 11) is 3.80. The molecule has 2 N–H and O–H groups in total. The molecule has 0 bridgehead atoms. The summed E-state index contributed by atoms with van der Waals surface area (Å²) in [5, 5.41) is 5.10. The number of esters is 3. The molecular weight excluding hydrogens is 676 g/mol. The second-order valence-corrected chi connectivity index (χ2v) is 15.0. The van der Waals surface area contributed by atoms with Crippen LogP contribution >= 0.6 is 0 Å². The zero-order valence-corrected chi connectivity index (χ0v) is 30.5. The summed E-state index contributed by atoms with van der Waals surface area (Å²) < 4.78 is 55.7. The summed E-state index contributed by atoms with van der Waals surface area (Å²) in [5.41, 5.74) is 0. The molecule has 0 spiro atoms. The van der Waals surface area contributed by atoms with Crippen LogP contribution in [-0.2, 0) is 64.6 Å². The fourth-order valence-electron chi connectivity index (χ4n) is 3.27. The number of amides is 2. The molecule has 48 heavy (non-hydrogen) atoms. The quantitative estimate of drug-likeness (QED) is 0.0449. The lowest BCUT2D eigenvalue weighted by Crippen LogP contribution is -2.43. The molecule has 0 atom stereocenters. The lowest BCUT2D eigenvalue weighted by Gasteiger charge is -2.24. The molecule has 0 heterocycles. The Balaban J connectivity index is 0. The predicted molar refractivity (Wildman–Crippen MR) is 174 cm³/mol. The summed E-state index contributed by atoms with van der Waals surface area (Å²) in [6, 6.07) is 1.07. The normalized spacial score (nSPS) is 10.8. The van der Waals surface area contributed by atoms with E-state index in [2.05, 4.69) is 35.1 Å². The van der Waals surface area contributed by atoms with Gasteiger partial charge in [0.25, 0.3) is 0 Å². The van der Waals surface area contributed by atoms with E-state index >= 15 is 0 Å². The number of nitrogens with one attached hydrogen (secondary N) is 2. The van der Waals surface area contributed by atoms with E-state index in [1.807, 2.05) is 0 Å². The van der Waals surface area contributed by atoms with Crippen molar-refractivity contribution in [2.24, 2.45) is 0 Å². The third-order valence-electron chi connectivity index (χ3n) is 5.88. The Morgan fingerprint density at radius 3 is 1.29 bits per heavy atom. The van der Waals surface area contributed by atoms with Gasteiger partial charge in [0.05, 0.1) is 0 Å². The number of hydrogen-bond acceptors (Lipinski definition) is 16. The molecule has 0 aliphatic heterocycles. The van der Waals surface area contributed by atoms with E-state index in [1.54, 1.807) is 0 Å². The second-order valence-electron chi connectivity index (χ2n) is 8.85. The highest BCUT2D eigenvalue weighted by Gasteiger charge is 2.37. The molecule has 0 radical (unpaired) electrons. The third-order valence-corrected chi connectivity index (χ3v) is 11.5. The van der Waals surface area contributed by atoms with Gasteiger partial charge in [0.2, 0.25) is 0 Å². The minimum Gasteiger partial charge on any atom is -0.459 e. The number of hydrogen-bond donors (Lipinski definition) is 2. The summed E-state index contributed by atoms with van der Waals surface area (Å²) in [6.07, 6.45) is 1.80. The van der Waals surface area contributed by atoms with Gasteiger partial charge in [0.15, 0.2) is 6.10 Å². The summed E-state index contributed by atoms with van der Waals surface area (Å²) in [6.45, 7) is 9.81. The van der Waals surface area contributed by atoms with E-state index in [1.165, 1.54) is 42.7 Å². The van der Waals surface area contributed by atoms with Crippen molar-refractivity contribution in [2.45, 2.75) is 31.0 Å². The Morgan fingerprint density at radius 2 is 0.917 bits per heavy atom. The Labute approximate surface area is 283 Å². The SMILES string of the molecule is C=CC(=O)OCC(COC(=O)C=C)OC(=O)NCCC[Si](OC)(OC)OC.C=CC(=O)OCCOC(=O)NCCC[Si](OC)(OC)OC. The smallest absolute Gasteiger partial charge is 0.459 e. The van der Waals surface area contributed by atoms with Gasteiger partial charge in [-0.3, -0.25) is 0 Å². The first-order chi connectivity index (χ1) is 22.9. The van der Waals surface area contributed by atoms with Crippen LogP contribution in [0.3, 0.4) is 0 Å². The molecule has 0 saturated heterocycles. The van der Waals surface area contributed by atoms with Crippen molar-refractivity contribution in [1.29, 1.82) is 0 Å². The molecule has 0 aromatic carbocycles. The molecule has 0 fully saturated rings. The number of carbonyl (C=O) groups excluding carboxylic acids is 5. The van der Waals surface area contributed by atoms with Crippen molar-refractivity contribution < 1.29 is 74.2 Å². The van der Waals surface area contributed by atoms with Crippen molar-refractivity contribution >= 4 is 47.7 Å². The number of alkyl carbamates (subject to hydrolysis) is 2. The van der Waals surface area contributed by atoms with E-state index in [0.717, 1.165) is 18.2 Å². The summed E-state index contributed by atoms with van der Waals surface area (Å²) in [4.78, 5) is 56.2. The van der Waals surface area contributed by atoms with Gasteiger partial charge >= 0.3 is 47.7 Å². The van der Waals surface area contributed by atoms with Crippen LogP contribution in [0.4, 0.5) is 9.59 Å². The van der Waals surface area contributed by atoms with Gasteiger partial charge in [-0.25, -0.2) is 24.0 Å². The van der Waals surface area contributed by atoms with E-state index in [4.69, 9.17) is 45.5 Å². The highest BCUT2D eigenvalue weighted by atomic mass is 28.4. The average Bonchev–Trinajstić information content (AvgIpc) is 3.11. The maximum atomic E-state index is 11.9. The highest BCUT2D eigenvalue weighted by molar-refractivity contribution is 6.60. The molecule has 0 aliphatic rings. The molecule has 0 saturated carbocycles. The summed E-state index contributed by atoms with van der Waals surface area (Å²) in [5.74, 6) is -1.95. The monoisotopic (exact) mass is 726 g/mol. The lowest BCUT2D eigenvalue weighted by atomic mass is 10.4. The van der Waals surface area contributed by atoms with Crippen molar-refractivity contribution in [3.63, 3.8) is 0 Å². The van der Waals surface area contributed by atoms with Crippen LogP contribution in [0.1, 0.15) is 12.8 Å². The van der Waals surface area contributed by atoms with E-state index in [0.29, 0.717) is 31.5 Å². The van der Waals surface area contributed by atoms with Crippen molar-refractivity contribution in [1.82, 2.24) is 10.6 Å². The fraction of sp³-hybridized carbons (Fsp3) is 0.607. The molecular formula is C28H50N2O16Si2. The van der Waals surface area contributed by atoms with Crippen LogP contribution in [0.2, 0.25) is 12.1 Å².